The second-order valence-corrected chi connectivity index (χ2v) is 14.7. The summed E-state index contributed by atoms with van der Waals surface area (Å²) in [6, 6.07) is 13.2. The molecular weight excluding hydrogens is 767 g/mol. The maximum Gasteiger partial charge on any atom is 0.329 e. The number of imidazole rings is 1. The van der Waals surface area contributed by atoms with Crippen LogP contribution in [0, 0.1) is 12.3 Å². The predicted octanol–water partition coefficient (Wildman–Crippen LogP) is 4.23. The highest BCUT2D eigenvalue weighted by molar-refractivity contribution is 6.08. The second-order valence-electron chi connectivity index (χ2n) is 14.7. The van der Waals surface area contributed by atoms with Crippen molar-refractivity contribution in [3.63, 3.8) is 0 Å². The Kier molecular flexibility index (Phi) is 9.77. The van der Waals surface area contributed by atoms with E-state index in [9.17, 15) is 28.0 Å². The molecule has 0 saturated carbocycles. The zero-order chi connectivity index (χ0) is 40.9. The van der Waals surface area contributed by atoms with Gasteiger partial charge in [-0.2, -0.15) is 10.2 Å². The second kappa shape index (κ2) is 15.2. The summed E-state index contributed by atoms with van der Waals surface area (Å²) in [5.41, 5.74) is 1.32. The van der Waals surface area contributed by atoms with Crippen LogP contribution in [0.5, 0.6) is 0 Å². The molecule has 3 aliphatic rings. The van der Waals surface area contributed by atoms with Crippen LogP contribution < -0.4 is 21.2 Å². The molecule has 0 spiro atoms. The van der Waals surface area contributed by atoms with Gasteiger partial charge in [0.15, 0.2) is 11.3 Å². The van der Waals surface area contributed by atoms with Gasteiger partial charge in [-0.25, -0.2) is 27.8 Å². The molecule has 4 aromatic heterocycles. The molecule has 7 heterocycles. The molecule has 6 aromatic rings. The first-order valence-corrected chi connectivity index (χ1v) is 19.2. The van der Waals surface area contributed by atoms with Crippen LogP contribution in [0.4, 0.5) is 20.3 Å². The quantitative estimate of drug-likeness (QED) is 0.104. The Bertz CT molecular complexity index is 2750. The Morgan fingerprint density at radius 1 is 1.14 bits per heavy atom. The highest BCUT2D eigenvalue weighted by Crippen LogP contribution is 2.38. The summed E-state index contributed by atoms with van der Waals surface area (Å²) in [5, 5.41) is 13.5. The van der Waals surface area contributed by atoms with Gasteiger partial charge in [0, 0.05) is 50.4 Å². The fourth-order valence-corrected chi connectivity index (χ4v) is 8.37. The fourth-order valence-electron chi connectivity index (χ4n) is 8.37. The molecule has 2 unspecified atom stereocenters. The number of aryl methyl sites for hydroxylation is 1. The number of hydrogen-bond acceptors (Lipinski definition) is 10. The first-order chi connectivity index (χ1) is 28.6. The lowest BCUT2D eigenvalue weighted by Gasteiger charge is -2.27. The molecule has 16 nitrogen and oxygen atoms in total. The molecule has 2 aromatic carbocycles. The third-order valence-electron chi connectivity index (χ3n) is 11.1. The van der Waals surface area contributed by atoms with Crippen LogP contribution in [0.15, 0.2) is 71.9 Å². The minimum Gasteiger partial charge on any atom is -0.374 e. The molecule has 18 heteroatoms. The molecule has 3 amide bonds. The van der Waals surface area contributed by atoms with Gasteiger partial charge in [0.25, 0.3) is 12.3 Å². The minimum absolute atomic E-state index is 0.0762. The third-order valence-corrected chi connectivity index (χ3v) is 11.1. The number of aromatic nitrogens is 7. The van der Waals surface area contributed by atoms with Crippen molar-refractivity contribution in [2.45, 2.75) is 62.8 Å². The van der Waals surface area contributed by atoms with Crippen LogP contribution in [-0.4, -0.2) is 83.1 Å². The monoisotopic (exact) mass is 804 g/mol. The van der Waals surface area contributed by atoms with E-state index in [0.717, 1.165) is 6.42 Å². The number of terminal acetylenes is 1. The number of anilines is 2. The Morgan fingerprint density at radius 3 is 2.73 bits per heavy atom. The highest BCUT2D eigenvalue weighted by atomic mass is 19.3. The number of halogens is 2. The average Bonchev–Trinajstić information content (AvgIpc) is 4.08. The van der Waals surface area contributed by atoms with E-state index in [0.29, 0.717) is 59.7 Å². The molecule has 0 aliphatic carbocycles. The van der Waals surface area contributed by atoms with Crippen LogP contribution in [-0.2, 0) is 26.1 Å². The van der Waals surface area contributed by atoms with Crippen molar-refractivity contribution >= 4 is 45.9 Å². The first kappa shape index (κ1) is 37.8. The van der Waals surface area contributed by atoms with Gasteiger partial charge >= 0.3 is 5.69 Å². The van der Waals surface area contributed by atoms with E-state index in [1.807, 2.05) is 6.07 Å². The van der Waals surface area contributed by atoms with E-state index in [1.54, 1.807) is 55.7 Å². The number of unbranched alkanes of at least 4 members (excludes halogenated alkanes) is 1. The minimum atomic E-state index is -3.06. The van der Waals surface area contributed by atoms with Gasteiger partial charge in [-0.3, -0.25) is 28.8 Å². The largest absolute Gasteiger partial charge is 0.374 e. The van der Waals surface area contributed by atoms with E-state index < -0.39 is 47.7 Å². The molecule has 302 valence electrons. The normalized spacial score (nSPS) is 19.5. The fraction of sp³-hybridized carbons (Fsp3) is 0.341. The van der Waals surface area contributed by atoms with Crippen molar-refractivity contribution in [2.24, 2.45) is 7.05 Å². The Balaban J connectivity index is 1.08. The number of fused-ring (bicyclic) bond motifs is 4. The Labute approximate surface area is 334 Å². The van der Waals surface area contributed by atoms with Crippen molar-refractivity contribution in [3.05, 3.63) is 100.0 Å². The number of ether oxygens (including phenoxy) is 2. The summed E-state index contributed by atoms with van der Waals surface area (Å²) in [5.74, 6) is 1.59. The number of carbonyl (C=O) groups is 3. The number of hydrogen-bond donors (Lipinski definition) is 2. The molecular formula is C41H38F2N10O6. The number of nitrogens with zero attached hydrogens (tertiary/aromatic N) is 8. The van der Waals surface area contributed by atoms with Crippen molar-refractivity contribution in [2.75, 3.05) is 30.0 Å². The van der Waals surface area contributed by atoms with Crippen LogP contribution in [0.3, 0.4) is 0 Å². The van der Waals surface area contributed by atoms with Gasteiger partial charge in [0.1, 0.15) is 23.5 Å². The van der Waals surface area contributed by atoms with Gasteiger partial charge in [-0.05, 0) is 37.5 Å². The summed E-state index contributed by atoms with van der Waals surface area (Å²) in [7, 11) is 1.58. The van der Waals surface area contributed by atoms with Gasteiger partial charge in [0.05, 0.1) is 53.6 Å². The number of nitrogens with one attached hydrogen (secondary N) is 2. The van der Waals surface area contributed by atoms with Crippen LogP contribution in [0.25, 0.3) is 22.4 Å². The molecule has 4 atom stereocenters. The number of para-hydroxylation sites is 2. The van der Waals surface area contributed by atoms with Crippen molar-refractivity contribution in [3.8, 4) is 18.0 Å². The van der Waals surface area contributed by atoms with Crippen molar-refractivity contribution in [1.82, 2.24) is 38.8 Å². The smallest absolute Gasteiger partial charge is 0.329 e. The van der Waals surface area contributed by atoms with E-state index in [1.165, 1.54) is 30.7 Å². The summed E-state index contributed by atoms with van der Waals surface area (Å²) in [6.45, 7) is 1.48. The maximum atomic E-state index is 14.7. The Morgan fingerprint density at radius 2 is 1.97 bits per heavy atom. The Hall–Kier alpha value is -6.71. The number of morpholine rings is 1. The lowest BCUT2D eigenvalue weighted by molar-refractivity contribution is -0.135. The van der Waals surface area contributed by atoms with E-state index >= 15 is 0 Å². The summed E-state index contributed by atoms with van der Waals surface area (Å²) >= 11 is 0. The van der Waals surface area contributed by atoms with Gasteiger partial charge in [0.2, 0.25) is 11.8 Å². The van der Waals surface area contributed by atoms with Crippen LogP contribution >= 0.6 is 0 Å². The zero-order valence-electron chi connectivity index (χ0n) is 31.8. The molecule has 2 N–H and O–H groups in total. The summed E-state index contributed by atoms with van der Waals surface area (Å²) < 4.78 is 47.2. The molecule has 9 rings (SSSR count). The number of alkyl halides is 2. The van der Waals surface area contributed by atoms with Crippen LogP contribution in [0.1, 0.15) is 77.9 Å². The standard InChI is InChI=1S/C41H38F2N10O6/c1-3-4-7-17-58-36(26-10-8-12-30-35(26)49(2)41(57)53(30)31-13-14-33(54)47-40(31)56)25-9-5-6-11-29(25)52-21-28(34(48-52)37(42)43)45-39(55)27-19-44-51-16-15-32(46-38(27)51)50-20-24-18-23(50)22-59-24/h1,5-6,8-12,15-16,19,21,23-24,31,36-37H,4,7,13-14,17-18,20,22H2,2H3,(H,45,55)(H,47,54,56)/t23-,24-,31?,36?/m1/s1. The van der Waals surface area contributed by atoms with Crippen molar-refractivity contribution < 1.29 is 32.6 Å². The molecule has 3 saturated heterocycles. The number of carbonyl (C=O) groups excluding carboxylic acids is 3. The lowest BCUT2D eigenvalue weighted by atomic mass is 9.97. The van der Waals surface area contributed by atoms with E-state index in [4.69, 9.17) is 20.9 Å². The molecule has 59 heavy (non-hydrogen) atoms. The number of piperidine rings is 1. The molecule has 2 bridgehead atoms. The van der Waals surface area contributed by atoms with Gasteiger partial charge in [-0.15, -0.1) is 12.3 Å². The first-order valence-electron chi connectivity index (χ1n) is 19.2. The topological polar surface area (TPSA) is 172 Å². The van der Waals surface area contributed by atoms with E-state index in [-0.39, 0.29) is 48.5 Å². The van der Waals surface area contributed by atoms with Crippen molar-refractivity contribution in [1.29, 1.82) is 0 Å². The number of amides is 3. The number of rotatable bonds is 12. The SMILES string of the molecule is C#CCCCOC(c1ccccc1-n1cc(NC(=O)c2cnn3ccc(N4C[C@H]5C[C@@H]4CO5)nc23)c(C(F)F)n1)c1cccc2c1n(C)c(=O)n2C1CCC(=O)NC1=O. The summed E-state index contributed by atoms with van der Waals surface area (Å²) in [4.78, 5) is 59.4. The predicted molar refractivity (Wildman–Crippen MR) is 209 cm³/mol. The number of imide groups is 1. The van der Waals surface area contributed by atoms with Gasteiger partial charge in [-0.1, -0.05) is 30.3 Å². The molecule has 0 radical (unpaired) electrons. The molecule has 3 fully saturated rings. The third kappa shape index (κ3) is 6.71. The molecule has 3 aliphatic heterocycles. The highest BCUT2D eigenvalue weighted by Gasteiger charge is 2.40. The van der Waals surface area contributed by atoms with E-state index in [2.05, 4.69) is 31.7 Å². The zero-order valence-corrected chi connectivity index (χ0v) is 31.8. The number of benzene rings is 2. The van der Waals surface area contributed by atoms with Gasteiger partial charge < -0.3 is 19.7 Å². The lowest BCUT2D eigenvalue weighted by Crippen LogP contribution is -2.44. The average molecular weight is 805 g/mol. The summed E-state index contributed by atoms with van der Waals surface area (Å²) in [6.07, 6.45) is 8.11. The maximum absolute atomic E-state index is 14.7. The van der Waals surface area contributed by atoms with Crippen LogP contribution in [0.2, 0.25) is 0 Å².